The summed E-state index contributed by atoms with van der Waals surface area (Å²) in [5.74, 6) is 0. The van der Waals surface area contributed by atoms with Crippen LogP contribution in [0.1, 0.15) is 39.5 Å². The summed E-state index contributed by atoms with van der Waals surface area (Å²) in [4.78, 5) is 0. The predicted octanol–water partition coefficient (Wildman–Crippen LogP) is 2.47. The predicted molar refractivity (Wildman–Crippen MR) is 60.6 cm³/mol. The number of hydrogen-bond acceptors (Lipinski definition) is 2. The molecule has 2 N–H and O–H groups in total. The van der Waals surface area contributed by atoms with Gasteiger partial charge in [-0.05, 0) is 26.2 Å². The van der Waals surface area contributed by atoms with E-state index in [1.807, 2.05) is 0 Å². The van der Waals surface area contributed by atoms with Gasteiger partial charge in [0.1, 0.15) is 0 Å². The summed E-state index contributed by atoms with van der Waals surface area (Å²) in [5, 5.41) is 18.3. The number of halogens is 1. The zero-order valence-corrected chi connectivity index (χ0v) is 9.74. The molecule has 0 radical (unpaired) electrons. The maximum absolute atomic E-state index is 9.53. The number of hydrogen-bond donors (Lipinski definition) is 2. The van der Waals surface area contributed by atoms with Gasteiger partial charge in [-0.2, -0.15) is 0 Å². The Kier molecular flexibility index (Phi) is 8.24. The Labute approximate surface area is 91.6 Å². The lowest BCUT2D eigenvalue weighted by molar-refractivity contribution is 0.0864. The zero-order chi connectivity index (χ0) is 11.0. The first-order valence-electron chi connectivity index (χ1n) is 5.23. The second-order valence-corrected chi connectivity index (χ2v) is 4.19. The molecule has 0 aliphatic heterocycles. The molecular weight excluding hydrogens is 200 g/mol. The molecule has 0 rings (SSSR count). The first kappa shape index (κ1) is 13.9. The van der Waals surface area contributed by atoms with E-state index < -0.39 is 12.2 Å². The van der Waals surface area contributed by atoms with Crippen molar-refractivity contribution in [1.82, 2.24) is 0 Å². The van der Waals surface area contributed by atoms with E-state index in [-0.39, 0.29) is 5.38 Å². The lowest BCUT2D eigenvalue weighted by Gasteiger charge is -2.17. The summed E-state index contributed by atoms with van der Waals surface area (Å²) >= 11 is 5.96. The van der Waals surface area contributed by atoms with Crippen molar-refractivity contribution in [3.05, 3.63) is 12.2 Å². The molecule has 84 valence electrons. The zero-order valence-electron chi connectivity index (χ0n) is 8.99. The molecule has 0 saturated carbocycles. The first-order chi connectivity index (χ1) is 6.57. The Morgan fingerprint density at radius 3 is 2.43 bits per heavy atom. The Hall–Kier alpha value is -0.0500. The van der Waals surface area contributed by atoms with Crippen molar-refractivity contribution in [2.75, 3.05) is 0 Å². The monoisotopic (exact) mass is 220 g/mol. The van der Waals surface area contributed by atoms with Crippen LogP contribution >= 0.6 is 11.6 Å². The fourth-order valence-corrected chi connectivity index (χ4v) is 1.46. The molecule has 14 heavy (non-hydrogen) atoms. The summed E-state index contributed by atoms with van der Waals surface area (Å²) in [6, 6.07) is 0. The van der Waals surface area contributed by atoms with Crippen LogP contribution in [0.2, 0.25) is 0 Å². The molecule has 0 aliphatic rings. The number of allylic oxidation sites excluding steroid dienone is 2. The molecule has 0 aromatic heterocycles. The van der Waals surface area contributed by atoms with E-state index in [1.165, 1.54) is 0 Å². The van der Waals surface area contributed by atoms with Crippen LogP contribution in [0.4, 0.5) is 0 Å². The molecule has 0 heterocycles. The normalized spacial score (nSPS) is 18.4. The van der Waals surface area contributed by atoms with Gasteiger partial charge in [0.25, 0.3) is 0 Å². The van der Waals surface area contributed by atoms with Gasteiger partial charge in [-0.25, -0.2) is 0 Å². The van der Waals surface area contributed by atoms with E-state index in [2.05, 4.69) is 19.1 Å². The van der Waals surface area contributed by atoms with Gasteiger partial charge in [-0.3, -0.25) is 0 Å². The topological polar surface area (TPSA) is 40.5 Å². The minimum atomic E-state index is -0.605. The van der Waals surface area contributed by atoms with Gasteiger partial charge in [-0.1, -0.05) is 19.1 Å². The molecule has 3 atom stereocenters. The summed E-state index contributed by atoms with van der Waals surface area (Å²) in [6.07, 6.45) is 6.10. The molecular formula is C11H21ClO2. The highest BCUT2D eigenvalue weighted by atomic mass is 35.5. The Balaban J connectivity index is 3.61. The van der Waals surface area contributed by atoms with Crippen LogP contribution in [0.15, 0.2) is 12.2 Å². The maximum atomic E-state index is 9.53. The van der Waals surface area contributed by atoms with Gasteiger partial charge in [0.2, 0.25) is 0 Å². The lowest BCUT2D eigenvalue weighted by Crippen LogP contribution is -2.24. The number of aliphatic hydroxyl groups excluding tert-OH is 2. The van der Waals surface area contributed by atoms with Crippen molar-refractivity contribution in [1.29, 1.82) is 0 Å². The van der Waals surface area contributed by atoms with Crippen LogP contribution in [0, 0.1) is 0 Å². The molecule has 0 unspecified atom stereocenters. The molecule has 0 aliphatic carbocycles. The number of alkyl halides is 1. The van der Waals surface area contributed by atoms with Gasteiger partial charge in [-0.15, -0.1) is 11.6 Å². The average Bonchev–Trinajstić information content (AvgIpc) is 2.11. The third-order valence-electron chi connectivity index (χ3n) is 2.01. The van der Waals surface area contributed by atoms with Gasteiger partial charge < -0.3 is 10.2 Å². The molecule has 0 aromatic rings. The summed E-state index contributed by atoms with van der Waals surface area (Å²) in [7, 11) is 0. The second-order valence-electron chi connectivity index (χ2n) is 3.63. The van der Waals surface area contributed by atoms with Crippen molar-refractivity contribution in [3.63, 3.8) is 0 Å². The third-order valence-corrected chi connectivity index (χ3v) is 2.52. The molecule has 0 amide bonds. The van der Waals surface area contributed by atoms with E-state index in [1.54, 1.807) is 6.92 Å². The van der Waals surface area contributed by atoms with Crippen LogP contribution in [0.25, 0.3) is 0 Å². The Morgan fingerprint density at radius 1 is 1.29 bits per heavy atom. The van der Waals surface area contributed by atoms with Gasteiger partial charge >= 0.3 is 0 Å². The van der Waals surface area contributed by atoms with Gasteiger partial charge in [0.05, 0.1) is 17.6 Å². The van der Waals surface area contributed by atoms with E-state index in [0.29, 0.717) is 6.42 Å². The Bertz CT molecular complexity index is 157. The minimum Gasteiger partial charge on any atom is -0.393 e. The maximum Gasteiger partial charge on any atom is 0.0728 e. The Morgan fingerprint density at radius 2 is 1.93 bits per heavy atom. The molecule has 0 bridgehead atoms. The van der Waals surface area contributed by atoms with Crippen LogP contribution in [-0.2, 0) is 0 Å². The average molecular weight is 221 g/mol. The first-order valence-corrected chi connectivity index (χ1v) is 5.66. The molecule has 0 fully saturated rings. The van der Waals surface area contributed by atoms with E-state index in [0.717, 1.165) is 19.3 Å². The van der Waals surface area contributed by atoms with Crippen molar-refractivity contribution < 1.29 is 10.2 Å². The SMILES string of the molecule is CC/C=C\CC[C@@H](Cl)[C@@H](O)C[C@@H](C)O. The summed E-state index contributed by atoms with van der Waals surface area (Å²) in [6.45, 7) is 3.74. The quantitative estimate of drug-likeness (QED) is 0.511. The van der Waals surface area contributed by atoms with Crippen molar-refractivity contribution in [2.24, 2.45) is 0 Å². The van der Waals surface area contributed by atoms with Gasteiger partial charge in [0, 0.05) is 6.42 Å². The molecule has 2 nitrogen and oxygen atoms in total. The van der Waals surface area contributed by atoms with Crippen LogP contribution < -0.4 is 0 Å². The third kappa shape index (κ3) is 7.36. The molecule has 0 spiro atoms. The lowest BCUT2D eigenvalue weighted by atomic mass is 10.1. The largest absolute Gasteiger partial charge is 0.393 e. The fraction of sp³-hybridized carbons (Fsp3) is 0.818. The van der Waals surface area contributed by atoms with Crippen LogP contribution in [0.5, 0.6) is 0 Å². The van der Waals surface area contributed by atoms with Crippen molar-refractivity contribution in [3.8, 4) is 0 Å². The second kappa shape index (κ2) is 8.27. The van der Waals surface area contributed by atoms with Crippen molar-refractivity contribution >= 4 is 11.6 Å². The highest BCUT2D eigenvalue weighted by molar-refractivity contribution is 6.21. The fourth-order valence-electron chi connectivity index (χ4n) is 1.23. The number of aliphatic hydroxyl groups is 2. The van der Waals surface area contributed by atoms with Crippen LogP contribution in [-0.4, -0.2) is 27.8 Å². The molecule has 0 aromatic carbocycles. The molecule has 0 saturated heterocycles. The van der Waals surface area contributed by atoms with E-state index in [9.17, 15) is 5.11 Å². The highest BCUT2D eigenvalue weighted by Gasteiger charge is 2.17. The summed E-state index contributed by atoms with van der Waals surface area (Å²) < 4.78 is 0. The number of rotatable bonds is 7. The standard InChI is InChI=1S/C11H21ClO2/c1-3-4-5-6-7-10(12)11(14)8-9(2)13/h4-5,9-11,13-14H,3,6-8H2,1-2H3/b5-4-/t9-,10-,11+/m1/s1. The van der Waals surface area contributed by atoms with E-state index >= 15 is 0 Å². The van der Waals surface area contributed by atoms with Crippen molar-refractivity contribution in [2.45, 2.75) is 57.1 Å². The smallest absolute Gasteiger partial charge is 0.0728 e. The highest BCUT2D eigenvalue weighted by Crippen LogP contribution is 2.15. The van der Waals surface area contributed by atoms with Crippen LogP contribution in [0.3, 0.4) is 0 Å². The van der Waals surface area contributed by atoms with E-state index in [4.69, 9.17) is 16.7 Å². The van der Waals surface area contributed by atoms with Gasteiger partial charge in [0.15, 0.2) is 0 Å². The minimum absolute atomic E-state index is 0.258. The molecule has 3 heteroatoms. The summed E-state index contributed by atoms with van der Waals surface area (Å²) in [5.41, 5.74) is 0.